The van der Waals surface area contributed by atoms with Crippen molar-refractivity contribution in [2.24, 2.45) is 22.1 Å². The molecule has 2 atom stereocenters. The van der Waals surface area contributed by atoms with Crippen LogP contribution in [-0.4, -0.2) is 46.8 Å². The average Bonchev–Trinajstić information content (AvgIpc) is 3.14. The first-order chi connectivity index (χ1) is 23.9. The molecule has 262 valence electrons. The molecule has 1 amide bonds. The summed E-state index contributed by atoms with van der Waals surface area (Å²) in [6.07, 6.45) is 11.8. The van der Waals surface area contributed by atoms with Gasteiger partial charge in [-0.25, -0.2) is 0 Å². The van der Waals surface area contributed by atoms with E-state index in [-0.39, 0.29) is 28.6 Å². The van der Waals surface area contributed by atoms with E-state index in [1.54, 1.807) is 41.4 Å². The van der Waals surface area contributed by atoms with Crippen LogP contribution in [0.5, 0.6) is 5.88 Å². The summed E-state index contributed by atoms with van der Waals surface area (Å²) >= 11 is 0. The Hall–Kier alpha value is -4.45. The van der Waals surface area contributed by atoms with Gasteiger partial charge in [0.15, 0.2) is 5.69 Å². The van der Waals surface area contributed by atoms with E-state index in [1.807, 2.05) is 18.2 Å². The molecule has 1 fully saturated rings. The lowest BCUT2D eigenvalue weighted by Crippen LogP contribution is -2.45. The van der Waals surface area contributed by atoms with Gasteiger partial charge in [-0.15, -0.1) is 5.11 Å². The van der Waals surface area contributed by atoms with Crippen LogP contribution in [0.4, 0.5) is 11.4 Å². The Balaban J connectivity index is 1.68. The number of aromatic nitrogens is 1. The lowest BCUT2D eigenvalue weighted by Gasteiger charge is -2.31. The number of piperidine rings is 1. The predicted molar refractivity (Wildman–Crippen MR) is 197 cm³/mol. The second kappa shape index (κ2) is 18.9. The molecule has 1 aliphatic rings. The minimum atomic E-state index is -0.537. The maximum atomic E-state index is 14.0. The Bertz CT molecular complexity index is 1600. The number of pyridine rings is 1. The zero-order valence-corrected chi connectivity index (χ0v) is 29.9. The van der Waals surface area contributed by atoms with E-state index in [2.05, 4.69) is 48.9 Å². The molecule has 49 heavy (non-hydrogen) atoms. The van der Waals surface area contributed by atoms with Crippen LogP contribution in [0.3, 0.4) is 0 Å². The fourth-order valence-electron chi connectivity index (χ4n) is 6.72. The first kappa shape index (κ1) is 37.4. The van der Waals surface area contributed by atoms with E-state index in [4.69, 9.17) is 0 Å². The van der Waals surface area contributed by atoms with E-state index in [9.17, 15) is 20.0 Å². The second-order valence-corrected chi connectivity index (χ2v) is 13.3. The van der Waals surface area contributed by atoms with E-state index >= 15 is 0 Å². The SMILES string of the molecule is CCCCC(CC)CN(CC(CC)CCCC)C(=O)c1ccc(N=Nc2c(-c3ccccc3)c(C#N)c(O)n(N3CCCCC3)c2=O)cc1. The van der Waals surface area contributed by atoms with Crippen molar-refractivity contribution in [1.29, 1.82) is 5.26 Å². The molecule has 1 saturated heterocycles. The molecule has 2 heterocycles. The topological polar surface area (TPSA) is 114 Å². The van der Waals surface area contributed by atoms with Crippen molar-refractivity contribution in [3.05, 3.63) is 76.1 Å². The fraction of sp³-hybridized carbons (Fsp3) is 0.525. The van der Waals surface area contributed by atoms with E-state index in [1.165, 1.54) is 17.5 Å². The summed E-state index contributed by atoms with van der Waals surface area (Å²) in [7, 11) is 0. The Kier molecular flexibility index (Phi) is 14.4. The average molecular weight is 667 g/mol. The minimum Gasteiger partial charge on any atom is -0.492 e. The molecule has 1 aromatic heterocycles. The number of hydrogen-bond acceptors (Lipinski definition) is 7. The van der Waals surface area contributed by atoms with Crippen molar-refractivity contribution in [1.82, 2.24) is 9.58 Å². The van der Waals surface area contributed by atoms with Gasteiger partial charge >= 0.3 is 5.56 Å². The van der Waals surface area contributed by atoms with Crippen molar-refractivity contribution in [2.45, 2.75) is 98.3 Å². The molecule has 1 N–H and O–H groups in total. The van der Waals surface area contributed by atoms with Gasteiger partial charge in [-0.2, -0.15) is 15.1 Å². The number of carbonyl (C=O) groups excluding carboxylic acids is 1. The van der Waals surface area contributed by atoms with Gasteiger partial charge in [0.1, 0.15) is 11.6 Å². The molecule has 4 rings (SSSR count). The van der Waals surface area contributed by atoms with Gasteiger partial charge in [-0.1, -0.05) is 96.6 Å². The van der Waals surface area contributed by atoms with E-state index in [0.717, 1.165) is 70.9 Å². The Morgan fingerprint density at radius 3 is 2.00 bits per heavy atom. The summed E-state index contributed by atoms with van der Waals surface area (Å²) in [6, 6.07) is 18.2. The molecular formula is C40H54N6O3. The summed E-state index contributed by atoms with van der Waals surface area (Å²) in [4.78, 5) is 30.1. The molecule has 2 unspecified atom stereocenters. The fourth-order valence-corrected chi connectivity index (χ4v) is 6.72. The molecule has 0 spiro atoms. The molecule has 3 aromatic rings. The van der Waals surface area contributed by atoms with Crippen LogP contribution in [0.1, 0.15) is 114 Å². The zero-order valence-electron chi connectivity index (χ0n) is 29.9. The summed E-state index contributed by atoms with van der Waals surface area (Å²) in [5.41, 5.74) is 1.32. The number of azo groups is 1. The number of nitrogens with zero attached hydrogens (tertiary/aromatic N) is 6. The largest absolute Gasteiger partial charge is 0.492 e. The predicted octanol–water partition coefficient (Wildman–Crippen LogP) is 9.50. The first-order valence-corrected chi connectivity index (χ1v) is 18.4. The van der Waals surface area contributed by atoms with Gasteiger partial charge in [-0.05, 0) is 73.8 Å². The third kappa shape index (κ3) is 9.59. The van der Waals surface area contributed by atoms with Gasteiger partial charge in [0.25, 0.3) is 5.91 Å². The summed E-state index contributed by atoms with van der Waals surface area (Å²) in [5, 5.41) is 32.0. The van der Waals surface area contributed by atoms with Crippen molar-refractivity contribution < 1.29 is 9.90 Å². The standard InChI is InChI=1S/C40H54N6O3/c1-5-9-17-30(7-3)28-44(29-31(8-4)18-10-6-2)38(47)33-21-23-34(24-22-33)42-43-37-36(32-19-13-11-14-20-32)35(27-41)39(48)46(40(37)49)45-25-15-12-16-26-45/h11,13-14,19-24,30-31,48H,5-10,12,15-18,25-26,28-29H2,1-4H3. The van der Waals surface area contributed by atoms with Gasteiger partial charge in [0.05, 0.1) is 5.69 Å². The number of rotatable bonds is 17. The highest BCUT2D eigenvalue weighted by atomic mass is 16.3. The second-order valence-electron chi connectivity index (χ2n) is 13.3. The molecule has 0 radical (unpaired) electrons. The molecule has 1 aliphatic heterocycles. The van der Waals surface area contributed by atoms with Gasteiger partial charge in [0, 0.05) is 37.3 Å². The number of unbranched alkanes of at least 4 members (excludes halogenated alkanes) is 2. The van der Waals surface area contributed by atoms with Crippen LogP contribution in [0.25, 0.3) is 11.1 Å². The molecule has 9 nitrogen and oxygen atoms in total. The lowest BCUT2D eigenvalue weighted by molar-refractivity contribution is 0.0685. The van der Waals surface area contributed by atoms with Crippen molar-refractivity contribution in [3.8, 4) is 23.1 Å². The monoisotopic (exact) mass is 666 g/mol. The van der Waals surface area contributed by atoms with Crippen molar-refractivity contribution in [2.75, 3.05) is 31.2 Å². The third-order valence-electron chi connectivity index (χ3n) is 9.81. The van der Waals surface area contributed by atoms with Gasteiger partial charge in [0.2, 0.25) is 5.88 Å². The van der Waals surface area contributed by atoms with E-state index < -0.39 is 5.56 Å². The number of aromatic hydroxyl groups is 1. The summed E-state index contributed by atoms with van der Waals surface area (Å²) < 4.78 is 1.18. The van der Waals surface area contributed by atoms with Crippen LogP contribution in [0.15, 0.2) is 69.6 Å². The Morgan fingerprint density at radius 1 is 0.878 bits per heavy atom. The van der Waals surface area contributed by atoms with Crippen molar-refractivity contribution >= 4 is 17.3 Å². The highest BCUT2D eigenvalue weighted by Gasteiger charge is 2.27. The quantitative estimate of drug-likeness (QED) is 0.144. The van der Waals surface area contributed by atoms with Crippen LogP contribution < -0.4 is 10.6 Å². The number of benzene rings is 2. The normalized spacial score (nSPS) is 14.5. The summed E-state index contributed by atoms with van der Waals surface area (Å²) in [5.74, 6) is 0.579. The zero-order chi connectivity index (χ0) is 35.2. The van der Waals surface area contributed by atoms with Crippen LogP contribution in [0, 0.1) is 23.2 Å². The summed E-state index contributed by atoms with van der Waals surface area (Å²) in [6.45, 7) is 11.5. The molecular weight excluding hydrogens is 612 g/mol. The van der Waals surface area contributed by atoms with E-state index in [0.29, 0.717) is 41.7 Å². The van der Waals surface area contributed by atoms with Crippen LogP contribution >= 0.6 is 0 Å². The maximum Gasteiger partial charge on any atom is 0.300 e. The number of hydrogen-bond donors (Lipinski definition) is 1. The van der Waals surface area contributed by atoms with Crippen LogP contribution in [-0.2, 0) is 0 Å². The molecule has 0 aliphatic carbocycles. The Labute approximate surface area is 292 Å². The first-order valence-electron chi connectivity index (χ1n) is 18.4. The van der Waals surface area contributed by atoms with Crippen molar-refractivity contribution in [3.63, 3.8) is 0 Å². The Morgan fingerprint density at radius 2 is 1.47 bits per heavy atom. The smallest absolute Gasteiger partial charge is 0.300 e. The van der Waals surface area contributed by atoms with Gasteiger partial charge < -0.3 is 15.0 Å². The maximum absolute atomic E-state index is 14.0. The van der Waals surface area contributed by atoms with Gasteiger partial charge in [-0.3, -0.25) is 9.59 Å². The number of carbonyl (C=O) groups is 1. The highest BCUT2D eigenvalue weighted by molar-refractivity contribution is 5.94. The molecule has 0 bridgehead atoms. The molecule has 0 saturated carbocycles. The molecule has 2 aromatic carbocycles. The third-order valence-corrected chi connectivity index (χ3v) is 9.81. The minimum absolute atomic E-state index is 0.0205. The van der Waals surface area contributed by atoms with Crippen LogP contribution in [0.2, 0.25) is 0 Å². The lowest BCUT2D eigenvalue weighted by atomic mass is 9.95. The molecule has 9 heteroatoms. The number of amides is 1. The highest BCUT2D eigenvalue weighted by Crippen LogP contribution is 2.36. The number of nitriles is 1.